The summed E-state index contributed by atoms with van der Waals surface area (Å²) < 4.78 is 13.1. The van der Waals surface area contributed by atoms with Crippen LogP contribution in [0.4, 0.5) is 17.3 Å². The second-order valence-corrected chi connectivity index (χ2v) is 10.8. The SMILES string of the molecule is CCN(CC)c1ccc2c(c1)O/C(=C\c1cc(N(C)CCCN(C)C)[o+]c3cc(N(CC)CC)ccc13)C=C2C. The van der Waals surface area contributed by atoms with Gasteiger partial charge < -0.3 is 19.4 Å². The van der Waals surface area contributed by atoms with Crippen molar-refractivity contribution in [1.82, 2.24) is 4.90 Å². The maximum Gasteiger partial charge on any atom is 0.430 e. The zero-order valence-corrected chi connectivity index (χ0v) is 25.8. The Morgan fingerprint density at radius 2 is 1.45 bits per heavy atom. The minimum Gasteiger partial charge on any atom is -0.457 e. The van der Waals surface area contributed by atoms with Crippen molar-refractivity contribution in [2.45, 2.75) is 41.0 Å². The number of nitrogens with zero attached hydrogens (tertiary/aromatic N) is 4. The first-order valence-electron chi connectivity index (χ1n) is 14.8. The van der Waals surface area contributed by atoms with E-state index < -0.39 is 0 Å². The van der Waals surface area contributed by atoms with Gasteiger partial charge in [-0.2, -0.15) is 4.42 Å². The maximum absolute atomic E-state index is 6.53. The molecule has 1 aromatic heterocycles. The predicted octanol–water partition coefficient (Wildman–Crippen LogP) is 7.63. The summed E-state index contributed by atoms with van der Waals surface area (Å²) in [5.41, 5.74) is 6.68. The van der Waals surface area contributed by atoms with Gasteiger partial charge in [0.05, 0.1) is 17.5 Å². The number of anilines is 3. The fraction of sp³-hybridized carbons (Fsp3) is 0.441. The minimum atomic E-state index is 0.836. The Morgan fingerprint density at radius 1 is 0.800 bits per heavy atom. The summed E-state index contributed by atoms with van der Waals surface area (Å²) in [4.78, 5) is 9.12. The summed E-state index contributed by atoms with van der Waals surface area (Å²) >= 11 is 0. The lowest BCUT2D eigenvalue weighted by molar-refractivity contribution is 0.400. The molecule has 0 amide bonds. The van der Waals surface area contributed by atoms with Gasteiger partial charge in [0.2, 0.25) is 0 Å². The van der Waals surface area contributed by atoms with E-state index in [-0.39, 0.29) is 0 Å². The Morgan fingerprint density at radius 3 is 2.10 bits per heavy atom. The Balaban J connectivity index is 1.77. The van der Waals surface area contributed by atoms with Crippen molar-refractivity contribution in [1.29, 1.82) is 0 Å². The normalized spacial score (nSPS) is 13.8. The highest BCUT2D eigenvalue weighted by molar-refractivity contribution is 5.91. The van der Waals surface area contributed by atoms with Crippen molar-refractivity contribution in [2.24, 2.45) is 0 Å². The average molecular weight is 544 g/mol. The van der Waals surface area contributed by atoms with Crippen molar-refractivity contribution >= 4 is 39.9 Å². The van der Waals surface area contributed by atoms with Crippen LogP contribution in [0.5, 0.6) is 5.75 Å². The van der Waals surface area contributed by atoms with Crippen molar-refractivity contribution in [2.75, 3.05) is 75.1 Å². The van der Waals surface area contributed by atoms with E-state index >= 15 is 0 Å². The highest BCUT2D eigenvalue weighted by atomic mass is 16.5. The van der Waals surface area contributed by atoms with Crippen molar-refractivity contribution in [3.63, 3.8) is 0 Å². The molecule has 0 saturated carbocycles. The Bertz CT molecular complexity index is 1370. The molecule has 0 unspecified atom stereocenters. The molecule has 0 bridgehead atoms. The number of hydrogen-bond donors (Lipinski definition) is 0. The maximum atomic E-state index is 6.53. The summed E-state index contributed by atoms with van der Waals surface area (Å²) in [6.45, 7) is 16.7. The second-order valence-electron chi connectivity index (χ2n) is 10.8. The van der Waals surface area contributed by atoms with E-state index in [1.165, 1.54) is 16.9 Å². The van der Waals surface area contributed by atoms with Crippen LogP contribution in [-0.4, -0.2) is 65.3 Å². The first-order valence-corrected chi connectivity index (χ1v) is 14.8. The van der Waals surface area contributed by atoms with E-state index in [4.69, 9.17) is 9.15 Å². The molecular weight excluding hydrogens is 496 g/mol. The first kappa shape index (κ1) is 29.5. The van der Waals surface area contributed by atoms with Crippen LogP contribution < -0.4 is 19.4 Å². The van der Waals surface area contributed by atoms with Gasteiger partial charge in [0.1, 0.15) is 11.5 Å². The van der Waals surface area contributed by atoms with Gasteiger partial charge in [0.15, 0.2) is 0 Å². The quantitative estimate of drug-likeness (QED) is 0.219. The van der Waals surface area contributed by atoms with Gasteiger partial charge in [-0.05, 0) is 104 Å². The fourth-order valence-electron chi connectivity index (χ4n) is 5.39. The molecule has 6 heteroatoms. The number of ether oxygens (including phenoxy) is 1. The van der Waals surface area contributed by atoms with E-state index in [9.17, 15) is 0 Å². The number of hydrogen-bond acceptors (Lipinski definition) is 5. The van der Waals surface area contributed by atoms with E-state index in [0.29, 0.717) is 0 Å². The fourth-order valence-corrected chi connectivity index (χ4v) is 5.39. The molecule has 0 fully saturated rings. The highest BCUT2D eigenvalue weighted by Crippen LogP contribution is 2.38. The van der Waals surface area contributed by atoms with Crippen molar-refractivity contribution < 1.29 is 9.15 Å². The minimum absolute atomic E-state index is 0.836. The van der Waals surface area contributed by atoms with E-state index in [0.717, 1.165) is 85.2 Å². The summed E-state index contributed by atoms with van der Waals surface area (Å²) in [5, 5.41) is 1.08. The van der Waals surface area contributed by atoms with Crippen LogP contribution in [0.3, 0.4) is 0 Å². The topological polar surface area (TPSA) is 33.5 Å². The van der Waals surface area contributed by atoms with Gasteiger partial charge in [-0.1, -0.05) is 0 Å². The third kappa shape index (κ3) is 6.61. The molecule has 2 aromatic carbocycles. The standard InChI is InChI=1S/C34H47N4O2/c1-9-37(10-2)27-14-16-30-25(5)20-29(39-32(30)23-27)21-26-22-34(36(8)19-13-18-35(6)7)40-33-24-28(15-17-31(26)33)38(11-3)12-4/h14-17,20-24H,9-13,18-19H2,1-8H3/q+1. The van der Waals surface area contributed by atoms with Crippen LogP contribution in [0.1, 0.15) is 52.2 Å². The summed E-state index contributed by atoms with van der Waals surface area (Å²) in [6.07, 6.45) is 5.35. The largest absolute Gasteiger partial charge is 0.457 e. The monoisotopic (exact) mass is 543 g/mol. The number of fused-ring (bicyclic) bond motifs is 2. The molecule has 0 spiro atoms. The smallest absolute Gasteiger partial charge is 0.430 e. The molecule has 3 aromatic rings. The van der Waals surface area contributed by atoms with Crippen LogP contribution in [0.25, 0.3) is 22.6 Å². The van der Waals surface area contributed by atoms with E-state index in [1.807, 2.05) is 0 Å². The lowest BCUT2D eigenvalue weighted by Crippen LogP contribution is -2.23. The van der Waals surface area contributed by atoms with Gasteiger partial charge in [-0.25, -0.2) is 0 Å². The molecule has 6 nitrogen and oxygen atoms in total. The van der Waals surface area contributed by atoms with Gasteiger partial charge in [0, 0.05) is 68.3 Å². The first-order chi connectivity index (χ1) is 19.3. The number of benzene rings is 2. The van der Waals surface area contributed by atoms with Crippen LogP contribution in [-0.2, 0) is 0 Å². The molecule has 0 saturated heterocycles. The van der Waals surface area contributed by atoms with Gasteiger partial charge in [-0.15, -0.1) is 0 Å². The Kier molecular flexibility index (Phi) is 9.75. The Hall–Kier alpha value is -3.51. The zero-order chi connectivity index (χ0) is 28.8. The van der Waals surface area contributed by atoms with E-state index in [1.54, 1.807) is 0 Å². The lowest BCUT2D eigenvalue weighted by atomic mass is 10.0. The van der Waals surface area contributed by atoms with Crippen LogP contribution >= 0.6 is 0 Å². The van der Waals surface area contributed by atoms with Crippen LogP contribution in [0, 0.1) is 0 Å². The second kappa shape index (κ2) is 13.2. The highest BCUT2D eigenvalue weighted by Gasteiger charge is 2.23. The molecule has 4 rings (SSSR count). The Labute approximate surface area is 241 Å². The molecule has 40 heavy (non-hydrogen) atoms. The van der Waals surface area contributed by atoms with Crippen molar-refractivity contribution in [3.05, 3.63) is 65.4 Å². The summed E-state index contributed by atoms with van der Waals surface area (Å²) in [6, 6.07) is 15.2. The average Bonchev–Trinajstić information content (AvgIpc) is 2.93. The molecule has 214 valence electrons. The van der Waals surface area contributed by atoms with Gasteiger partial charge in [0.25, 0.3) is 0 Å². The van der Waals surface area contributed by atoms with Gasteiger partial charge >= 0.3 is 11.5 Å². The summed E-state index contributed by atoms with van der Waals surface area (Å²) in [5.74, 6) is 2.60. The number of allylic oxidation sites excluding steroid dienone is 2. The molecule has 1 aliphatic heterocycles. The van der Waals surface area contributed by atoms with Crippen LogP contribution in [0.15, 0.2) is 58.7 Å². The third-order valence-corrected chi connectivity index (χ3v) is 7.78. The molecule has 0 radical (unpaired) electrons. The van der Waals surface area contributed by atoms with Gasteiger partial charge in [-0.3, -0.25) is 4.90 Å². The summed E-state index contributed by atoms with van der Waals surface area (Å²) in [7, 11) is 6.34. The molecule has 0 N–H and O–H groups in total. The zero-order valence-electron chi connectivity index (χ0n) is 25.8. The molecule has 0 atom stereocenters. The van der Waals surface area contributed by atoms with Crippen molar-refractivity contribution in [3.8, 4) is 5.75 Å². The molecular formula is C34H47N4O2+. The molecule has 1 aliphatic rings. The molecule has 0 aliphatic carbocycles. The van der Waals surface area contributed by atoms with E-state index in [2.05, 4.69) is 130 Å². The predicted molar refractivity (Wildman–Crippen MR) is 173 cm³/mol. The lowest BCUT2D eigenvalue weighted by Gasteiger charge is -2.24. The number of rotatable bonds is 12. The molecule has 2 heterocycles. The van der Waals surface area contributed by atoms with Crippen LogP contribution in [0.2, 0.25) is 0 Å². The third-order valence-electron chi connectivity index (χ3n) is 7.78.